The summed E-state index contributed by atoms with van der Waals surface area (Å²) in [4.78, 5) is 58.2. The Kier molecular flexibility index (Phi) is 10.3. The van der Waals surface area contributed by atoms with Crippen LogP contribution in [0.1, 0.15) is 12.0 Å². The highest BCUT2D eigenvalue weighted by molar-refractivity contribution is 7.80. The number of carboxylic acid groups (broad SMARTS) is 1. The second-order valence-electron chi connectivity index (χ2n) is 6.57. The monoisotopic (exact) mass is 455 g/mol. The van der Waals surface area contributed by atoms with Crippen molar-refractivity contribution in [1.82, 2.24) is 16.0 Å². The van der Waals surface area contributed by atoms with E-state index < -0.39 is 60.7 Å². The van der Waals surface area contributed by atoms with Gasteiger partial charge in [-0.2, -0.15) is 12.6 Å². The Balaban J connectivity index is 2.55. The number of primary amides is 1. The number of thiol groups is 1. The molecule has 170 valence electrons. The van der Waals surface area contributed by atoms with Crippen LogP contribution in [0.4, 0.5) is 0 Å². The topological polar surface area (TPSA) is 214 Å². The summed E-state index contributed by atoms with van der Waals surface area (Å²) < 4.78 is 0. The number of carbonyl (C=O) groups is 5. The van der Waals surface area contributed by atoms with E-state index in [2.05, 4.69) is 28.6 Å². The smallest absolute Gasteiger partial charge is 0.326 e. The maximum atomic E-state index is 12.3. The molecule has 0 aliphatic heterocycles. The fourth-order valence-electron chi connectivity index (χ4n) is 2.39. The number of nitrogens with two attached hydrogens (primary N) is 2. The van der Waals surface area contributed by atoms with E-state index in [0.29, 0.717) is 5.56 Å². The molecule has 1 aromatic carbocycles. The zero-order chi connectivity index (χ0) is 23.6. The van der Waals surface area contributed by atoms with E-state index in [1.807, 2.05) is 0 Å². The Morgan fingerprint density at radius 2 is 1.61 bits per heavy atom. The molecule has 0 aliphatic carbocycles. The molecule has 0 aliphatic rings. The number of hydrogen-bond acceptors (Lipinski definition) is 8. The summed E-state index contributed by atoms with van der Waals surface area (Å²) in [6, 6.07) is 2.50. The molecule has 0 heterocycles. The predicted octanol–water partition coefficient (Wildman–Crippen LogP) is -2.76. The highest BCUT2D eigenvalue weighted by Gasteiger charge is 2.25. The van der Waals surface area contributed by atoms with Gasteiger partial charge >= 0.3 is 5.97 Å². The zero-order valence-electron chi connectivity index (χ0n) is 16.4. The highest BCUT2D eigenvalue weighted by atomic mass is 32.1. The van der Waals surface area contributed by atoms with E-state index in [0.717, 1.165) is 0 Å². The number of rotatable bonds is 12. The van der Waals surface area contributed by atoms with Crippen LogP contribution in [0.15, 0.2) is 24.3 Å². The lowest BCUT2D eigenvalue weighted by molar-refractivity contribution is -0.143. The Morgan fingerprint density at radius 3 is 2.13 bits per heavy atom. The molecule has 13 heteroatoms. The lowest BCUT2D eigenvalue weighted by Gasteiger charge is -2.19. The van der Waals surface area contributed by atoms with Gasteiger partial charge in [-0.3, -0.25) is 19.2 Å². The number of aromatic hydroxyl groups is 1. The first-order valence-corrected chi connectivity index (χ1v) is 9.69. The third kappa shape index (κ3) is 9.35. The molecule has 9 N–H and O–H groups in total. The van der Waals surface area contributed by atoms with Crippen LogP contribution in [0.5, 0.6) is 5.75 Å². The van der Waals surface area contributed by atoms with Gasteiger partial charge in [0, 0.05) is 5.75 Å². The predicted molar refractivity (Wildman–Crippen MR) is 112 cm³/mol. The third-order valence-corrected chi connectivity index (χ3v) is 4.37. The molecule has 0 saturated carbocycles. The minimum absolute atomic E-state index is 0.0712. The van der Waals surface area contributed by atoms with Crippen molar-refractivity contribution in [2.24, 2.45) is 11.5 Å². The number of aliphatic carboxylic acids is 1. The van der Waals surface area contributed by atoms with Gasteiger partial charge in [-0.25, -0.2) is 4.79 Å². The molecule has 31 heavy (non-hydrogen) atoms. The minimum Gasteiger partial charge on any atom is -0.508 e. The molecular formula is C18H25N5O7S. The Bertz CT molecular complexity index is 818. The van der Waals surface area contributed by atoms with Gasteiger partial charge in [0.2, 0.25) is 23.6 Å². The largest absolute Gasteiger partial charge is 0.508 e. The van der Waals surface area contributed by atoms with Crippen LogP contribution >= 0.6 is 12.6 Å². The molecule has 0 bridgehead atoms. The van der Waals surface area contributed by atoms with E-state index >= 15 is 0 Å². The van der Waals surface area contributed by atoms with Gasteiger partial charge in [0.05, 0.1) is 19.0 Å². The Labute approximate surface area is 183 Å². The molecule has 1 rings (SSSR count). The van der Waals surface area contributed by atoms with E-state index in [4.69, 9.17) is 16.6 Å². The molecule has 0 aromatic heterocycles. The van der Waals surface area contributed by atoms with Crippen LogP contribution in [0.2, 0.25) is 0 Å². The van der Waals surface area contributed by atoms with Gasteiger partial charge < -0.3 is 37.6 Å². The molecule has 12 nitrogen and oxygen atoms in total. The molecule has 0 fully saturated rings. The number of phenolic OH excluding ortho intramolecular Hbond substituents is 1. The van der Waals surface area contributed by atoms with Crippen LogP contribution in [-0.2, 0) is 30.4 Å². The quantitative estimate of drug-likeness (QED) is 0.154. The lowest BCUT2D eigenvalue weighted by atomic mass is 10.1. The van der Waals surface area contributed by atoms with Crippen molar-refractivity contribution in [3.8, 4) is 5.75 Å². The Morgan fingerprint density at radius 1 is 1.00 bits per heavy atom. The van der Waals surface area contributed by atoms with Crippen LogP contribution in [0.25, 0.3) is 0 Å². The van der Waals surface area contributed by atoms with Crippen molar-refractivity contribution in [2.45, 2.75) is 31.0 Å². The maximum Gasteiger partial charge on any atom is 0.326 e. The molecular weight excluding hydrogens is 430 g/mol. The number of phenols is 1. The summed E-state index contributed by atoms with van der Waals surface area (Å²) in [6.45, 7) is -0.596. The first kappa shape index (κ1) is 25.7. The van der Waals surface area contributed by atoms with Gasteiger partial charge in [0.1, 0.15) is 17.8 Å². The summed E-state index contributed by atoms with van der Waals surface area (Å²) in [5, 5.41) is 24.9. The SMILES string of the molecule is NC(=O)CC(NC(=O)CNC(=O)C(CS)NC(=O)C(N)Cc1ccc(O)cc1)C(=O)O. The molecule has 4 amide bonds. The van der Waals surface area contributed by atoms with Gasteiger partial charge in [0.15, 0.2) is 0 Å². The highest BCUT2D eigenvalue weighted by Crippen LogP contribution is 2.11. The van der Waals surface area contributed by atoms with Crippen LogP contribution < -0.4 is 27.4 Å². The lowest BCUT2D eigenvalue weighted by Crippen LogP contribution is -2.54. The van der Waals surface area contributed by atoms with Crippen molar-refractivity contribution in [1.29, 1.82) is 0 Å². The molecule has 3 atom stereocenters. The van der Waals surface area contributed by atoms with Crippen molar-refractivity contribution in [3.05, 3.63) is 29.8 Å². The number of amides is 4. The van der Waals surface area contributed by atoms with Gasteiger partial charge in [-0.05, 0) is 24.1 Å². The fourth-order valence-corrected chi connectivity index (χ4v) is 2.65. The first-order chi connectivity index (χ1) is 14.5. The molecule has 0 radical (unpaired) electrons. The number of carboxylic acids is 1. The molecule has 3 unspecified atom stereocenters. The first-order valence-electron chi connectivity index (χ1n) is 9.06. The van der Waals surface area contributed by atoms with Gasteiger partial charge in [-0.15, -0.1) is 0 Å². The maximum absolute atomic E-state index is 12.3. The zero-order valence-corrected chi connectivity index (χ0v) is 17.3. The fraction of sp³-hybridized carbons (Fsp3) is 0.389. The summed E-state index contributed by atoms with van der Waals surface area (Å²) in [5.41, 5.74) is 11.5. The summed E-state index contributed by atoms with van der Waals surface area (Å²) in [7, 11) is 0. The summed E-state index contributed by atoms with van der Waals surface area (Å²) in [5.74, 6) is -4.63. The average molecular weight is 455 g/mol. The number of carbonyl (C=O) groups excluding carboxylic acids is 4. The van der Waals surface area contributed by atoms with Crippen molar-refractivity contribution < 1.29 is 34.2 Å². The number of benzene rings is 1. The van der Waals surface area contributed by atoms with E-state index in [-0.39, 0.29) is 17.9 Å². The Hall–Kier alpha value is -3.32. The number of hydrogen-bond donors (Lipinski definition) is 8. The summed E-state index contributed by atoms with van der Waals surface area (Å²) >= 11 is 4.00. The van der Waals surface area contributed by atoms with Crippen molar-refractivity contribution in [2.75, 3.05) is 12.3 Å². The average Bonchev–Trinajstić information content (AvgIpc) is 2.70. The van der Waals surface area contributed by atoms with E-state index in [1.165, 1.54) is 12.1 Å². The normalized spacial score (nSPS) is 13.4. The van der Waals surface area contributed by atoms with E-state index in [9.17, 15) is 29.1 Å². The van der Waals surface area contributed by atoms with E-state index in [1.54, 1.807) is 12.1 Å². The molecule has 0 spiro atoms. The van der Waals surface area contributed by atoms with Crippen molar-refractivity contribution in [3.63, 3.8) is 0 Å². The summed E-state index contributed by atoms with van der Waals surface area (Å²) in [6.07, 6.45) is -0.449. The third-order valence-electron chi connectivity index (χ3n) is 4.01. The van der Waals surface area contributed by atoms with Crippen LogP contribution in [0.3, 0.4) is 0 Å². The van der Waals surface area contributed by atoms with Crippen LogP contribution in [-0.4, -0.2) is 70.2 Å². The van der Waals surface area contributed by atoms with Crippen molar-refractivity contribution >= 4 is 42.2 Å². The second-order valence-corrected chi connectivity index (χ2v) is 6.93. The second kappa shape index (κ2) is 12.4. The minimum atomic E-state index is -1.53. The standard InChI is InChI=1S/C18H25N5O7S/c19-11(5-9-1-3-10(24)4-2-9)16(27)23-13(8-31)17(28)21-7-15(26)22-12(18(29)30)6-14(20)25/h1-4,11-13,24,31H,5-8,19H2,(H2,20,25)(H,21,28)(H,22,26)(H,23,27)(H,29,30). The molecule has 0 saturated heterocycles. The van der Waals surface area contributed by atoms with Gasteiger partial charge in [-0.1, -0.05) is 12.1 Å². The van der Waals surface area contributed by atoms with Crippen LogP contribution in [0, 0.1) is 0 Å². The molecule has 1 aromatic rings. The number of nitrogens with one attached hydrogen (secondary N) is 3. The van der Waals surface area contributed by atoms with Gasteiger partial charge in [0.25, 0.3) is 0 Å².